The highest BCUT2D eigenvalue weighted by molar-refractivity contribution is 6.31. The highest BCUT2D eigenvalue weighted by Gasteiger charge is 2.11. The lowest BCUT2D eigenvalue weighted by molar-refractivity contribution is 0.0918. The van der Waals surface area contributed by atoms with Crippen LogP contribution in [0.1, 0.15) is 17.4 Å². The first-order valence-electron chi connectivity index (χ1n) is 5.30. The summed E-state index contributed by atoms with van der Waals surface area (Å²) in [7, 11) is 0. The zero-order valence-corrected chi connectivity index (χ0v) is 10.1. The number of aromatic nitrogens is 1. The van der Waals surface area contributed by atoms with Gasteiger partial charge in [-0.15, -0.1) is 0 Å². The van der Waals surface area contributed by atoms with E-state index >= 15 is 0 Å². The number of aliphatic hydroxyl groups excluding tert-OH is 1. The Morgan fingerprint density at radius 3 is 3.00 bits per heavy atom. The zero-order valence-electron chi connectivity index (χ0n) is 9.33. The standard InChI is InChI=1S/C12H13ClN2O2/c1-7(6-16)14-12(17)11-5-8-4-9(13)2-3-10(8)15-11/h2-5,7,15-16H,6H2,1H3,(H,14,17). The highest BCUT2D eigenvalue weighted by Crippen LogP contribution is 2.20. The molecule has 0 saturated heterocycles. The third-order valence-electron chi connectivity index (χ3n) is 2.48. The van der Waals surface area contributed by atoms with Crippen LogP contribution < -0.4 is 5.32 Å². The van der Waals surface area contributed by atoms with Crippen LogP contribution in [-0.4, -0.2) is 28.6 Å². The molecule has 1 atom stereocenters. The summed E-state index contributed by atoms with van der Waals surface area (Å²) in [4.78, 5) is 14.8. The molecule has 0 aliphatic rings. The van der Waals surface area contributed by atoms with Crippen molar-refractivity contribution in [1.82, 2.24) is 10.3 Å². The van der Waals surface area contributed by atoms with Crippen molar-refractivity contribution in [3.8, 4) is 0 Å². The van der Waals surface area contributed by atoms with Gasteiger partial charge in [0.25, 0.3) is 5.91 Å². The molecule has 0 saturated carbocycles. The summed E-state index contributed by atoms with van der Waals surface area (Å²) in [5.74, 6) is -0.237. The second kappa shape index (κ2) is 4.77. The van der Waals surface area contributed by atoms with Crippen molar-refractivity contribution in [3.05, 3.63) is 35.0 Å². The van der Waals surface area contributed by atoms with Gasteiger partial charge in [-0.05, 0) is 31.2 Å². The topological polar surface area (TPSA) is 65.1 Å². The first-order chi connectivity index (χ1) is 8.10. The quantitative estimate of drug-likeness (QED) is 0.782. The monoisotopic (exact) mass is 252 g/mol. The van der Waals surface area contributed by atoms with Crippen LogP contribution in [0.15, 0.2) is 24.3 Å². The van der Waals surface area contributed by atoms with E-state index < -0.39 is 0 Å². The van der Waals surface area contributed by atoms with E-state index in [1.807, 2.05) is 6.07 Å². The van der Waals surface area contributed by atoms with Gasteiger partial charge in [-0.1, -0.05) is 11.6 Å². The SMILES string of the molecule is CC(CO)NC(=O)c1cc2cc(Cl)ccc2[nH]1. The fourth-order valence-corrected chi connectivity index (χ4v) is 1.75. The van der Waals surface area contributed by atoms with E-state index in [-0.39, 0.29) is 18.6 Å². The van der Waals surface area contributed by atoms with E-state index in [1.165, 1.54) is 0 Å². The number of carbonyl (C=O) groups excluding carboxylic acids is 1. The number of H-pyrrole nitrogens is 1. The Morgan fingerprint density at radius 1 is 1.53 bits per heavy atom. The molecule has 1 unspecified atom stereocenters. The number of halogens is 1. The number of hydrogen-bond acceptors (Lipinski definition) is 2. The van der Waals surface area contributed by atoms with Gasteiger partial charge in [-0.3, -0.25) is 4.79 Å². The molecule has 1 aromatic carbocycles. The molecule has 1 amide bonds. The molecule has 0 fully saturated rings. The summed E-state index contributed by atoms with van der Waals surface area (Å²) in [6.07, 6.45) is 0. The predicted octanol–water partition coefficient (Wildman–Crippen LogP) is 1.93. The minimum absolute atomic E-state index is 0.0855. The first-order valence-corrected chi connectivity index (χ1v) is 5.68. The number of hydrogen-bond donors (Lipinski definition) is 3. The Bertz CT molecular complexity index is 550. The van der Waals surface area contributed by atoms with E-state index in [0.717, 1.165) is 10.9 Å². The summed E-state index contributed by atoms with van der Waals surface area (Å²) in [6.45, 7) is 1.65. The maximum atomic E-state index is 11.8. The predicted molar refractivity (Wildman–Crippen MR) is 67.3 cm³/mol. The van der Waals surface area contributed by atoms with Crippen molar-refractivity contribution in [1.29, 1.82) is 0 Å². The summed E-state index contributed by atoms with van der Waals surface area (Å²) in [5, 5.41) is 13.1. The van der Waals surface area contributed by atoms with Gasteiger partial charge in [0, 0.05) is 22.0 Å². The van der Waals surface area contributed by atoms with Crippen molar-refractivity contribution >= 4 is 28.4 Å². The maximum absolute atomic E-state index is 11.8. The number of amides is 1. The van der Waals surface area contributed by atoms with Gasteiger partial charge in [-0.25, -0.2) is 0 Å². The fraction of sp³-hybridized carbons (Fsp3) is 0.250. The van der Waals surface area contributed by atoms with Crippen LogP contribution in [-0.2, 0) is 0 Å². The smallest absolute Gasteiger partial charge is 0.268 e. The van der Waals surface area contributed by atoms with Crippen molar-refractivity contribution in [2.75, 3.05) is 6.61 Å². The van der Waals surface area contributed by atoms with E-state index in [1.54, 1.807) is 25.1 Å². The lowest BCUT2D eigenvalue weighted by atomic mass is 10.2. The van der Waals surface area contributed by atoms with E-state index in [2.05, 4.69) is 10.3 Å². The van der Waals surface area contributed by atoms with Crippen molar-refractivity contribution in [2.45, 2.75) is 13.0 Å². The molecule has 4 nitrogen and oxygen atoms in total. The largest absolute Gasteiger partial charge is 0.394 e. The molecule has 0 spiro atoms. The van der Waals surface area contributed by atoms with Crippen LogP contribution in [0.3, 0.4) is 0 Å². The Balaban J connectivity index is 2.27. The molecular weight excluding hydrogens is 240 g/mol. The van der Waals surface area contributed by atoms with Gasteiger partial charge in [0.05, 0.1) is 6.61 Å². The molecule has 1 heterocycles. The summed E-state index contributed by atoms with van der Waals surface area (Å²) in [6, 6.07) is 6.85. The molecule has 17 heavy (non-hydrogen) atoms. The molecule has 0 radical (unpaired) electrons. The maximum Gasteiger partial charge on any atom is 0.268 e. The average molecular weight is 253 g/mol. The van der Waals surface area contributed by atoms with Gasteiger partial charge in [0.2, 0.25) is 0 Å². The fourth-order valence-electron chi connectivity index (χ4n) is 1.57. The van der Waals surface area contributed by atoms with Crippen molar-refractivity contribution in [3.63, 3.8) is 0 Å². The van der Waals surface area contributed by atoms with Crippen LogP contribution in [0.4, 0.5) is 0 Å². The summed E-state index contributed by atoms with van der Waals surface area (Å²) in [5.41, 5.74) is 1.32. The van der Waals surface area contributed by atoms with Crippen LogP contribution in [0.5, 0.6) is 0 Å². The molecule has 90 valence electrons. The zero-order chi connectivity index (χ0) is 12.4. The lowest BCUT2D eigenvalue weighted by Crippen LogP contribution is -2.35. The van der Waals surface area contributed by atoms with E-state index in [4.69, 9.17) is 16.7 Å². The first kappa shape index (κ1) is 12.0. The van der Waals surface area contributed by atoms with Crippen molar-refractivity contribution in [2.24, 2.45) is 0 Å². The molecule has 3 N–H and O–H groups in total. The van der Waals surface area contributed by atoms with Gasteiger partial charge < -0.3 is 15.4 Å². The molecule has 5 heteroatoms. The van der Waals surface area contributed by atoms with Crippen LogP contribution in [0.2, 0.25) is 5.02 Å². The van der Waals surface area contributed by atoms with E-state index in [0.29, 0.717) is 10.7 Å². The molecule has 0 aliphatic heterocycles. The lowest BCUT2D eigenvalue weighted by Gasteiger charge is -2.08. The molecule has 2 aromatic rings. The second-order valence-electron chi connectivity index (χ2n) is 3.97. The van der Waals surface area contributed by atoms with E-state index in [9.17, 15) is 4.79 Å². The van der Waals surface area contributed by atoms with Gasteiger partial charge in [0.1, 0.15) is 5.69 Å². The molecule has 2 rings (SSSR count). The number of rotatable bonds is 3. The Labute approximate surface area is 104 Å². The number of aromatic amines is 1. The van der Waals surface area contributed by atoms with Crippen molar-refractivity contribution < 1.29 is 9.90 Å². The normalized spacial score (nSPS) is 12.6. The Hall–Kier alpha value is -1.52. The minimum Gasteiger partial charge on any atom is -0.394 e. The number of benzene rings is 1. The van der Waals surface area contributed by atoms with Gasteiger partial charge in [-0.2, -0.15) is 0 Å². The number of fused-ring (bicyclic) bond motifs is 1. The van der Waals surface area contributed by atoms with Crippen LogP contribution >= 0.6 is 11.6 Å². The highest BCUT2D eigenvalue weighted by atomic mass is 35.5. The molecule has 0 bridgehead atoms. The van der Waals surface area contributed by atoms with Gasteiger partial charge >= 0.3 is 0 Å². The summed E-state index contributed by atoms with van der Waals surface area (Å²) >= 11 is 5.87. The molecular formula is C12H13ClN2O2. The minimum atomic E-state index is -0.266. The number of carbonyl (C=O) groups is 1. The van der Waals surface area contributed by atoms with Crippen LogP contribution in [0, 0.1) is 0 Å². The number of nitrogens with one attached hydrogen (secondary N) is 2. The number of aliphatic hydroxyl groups is 1. The molecule has 0 aliphatic carbocycles. The Kier molecular flexibility index (Phi) is 3.36. The van der Waals surface area contributed by atoms with Gasteiger partial charge in [0.15, 0.2) is 0 Å². The molecule has 1 aromatic heterocycles. The third kappa shape index (κ3) is 2.60. The summed E-state index contributed by atoms with van der Waals surface area (Å²) < 4.78 is 0. The average Bonchev–Trinajstić information content (AvgIpc) is 2.71. The van der Waals surface area contributed by atoms with Crippen LogP contribution in [0.25, 0.3) is 10.9 Å². The Morgan fingerprint density at radius 2 is 2.29 bits per heavy atom. The third-order valence-corrected chi connectivity index (χ3v) is 2.71. The second-order valence-corrected chi connectivity index (χ2v) is 4.41.